The Bertz CT molecular complexity index is 734. The topological polar surface area (TPSA) is 99.2 Å². The van der Waals surface area contributed by atoms with Crippen LogP contribution in [0, 0.1) is 11.3 Å². The number of fused-ring (bicyclic) bond motifs is 1. The molecule has 0 unspecified atom stereocenters. The highest BCUT2D eigenvalue weighted by atomic mass is 16.5. The van der Waals surface area contributed by atoms with Crippen LogP contribution >= 0.6 is 0 Å². The lowest BCUT2D eigenvalue weighted by Gasteiger charge is -2.24. The summed E-state index contributed by atoms with van der Waals surface area (Å²) in [5.74, 6) is -0.277. The van der Waals surface area contributed by atoms with Crippen molar-refractivity contribution < 1.29 is 24.2 Å². The number of likely N-dealkylation sites (tertiary alicyclic amines) is 1. The minimum absolute atomic E-state index is 0.0124. The van der Waals surface area contributed by atoms with Crippen LogP contribution in [0.1, 0.15) is 10.4 Å². The molecule has 1 aromatic carbocycles. The lowest BCUT2D eigenvalue weighted by atomic mass is 9.82. The van der Waals surface area contributed by atoms with Gasteiger partial charge in [-0.3, -0.25) is 19.8 Å². The van der Waals surface area contributed by atoms with E-state index in [4.69, 9.17) is 4.74 Å². The maximum absolute atomic E-state index is 12.7. The summed E-state index contributed by atoms with van der Waals surface area (Å²) in [5, 5.41) is 11.9. The average molecular weight is 345 g/mol. The predicted molar refractivity (Wildman–Crippen MR) is 87.1 cm³/mol. The number of nitrogens with zero attached hydrogens (tertiary/aromatic N) is 2. The first-order valence-corrected chi connectivity index (χ1v) is 8.22. The fourth-order valence-electron chi connectivity index (χ4n) is 3.83. The predicted octanol–water partition coefficient (Wildman–Crippen LogP) is -0.176. The molecular formula is C17H19N3O5. The fraction of sp³-hybridized carbons (Fsp3) is 0.471. The molecule has 3 aliphatic heterocycles. The summed E-state index contributed by atoms with van der Waals surface area (Å²) in [5.41, 5.74) is 0.742. The fourth-order valence-corrected chi connectivity index (χ4v) is 3.83. The number of aliphatic hydroxyl groups excluding tert-OH is 1. The van der Waals surface area contributed by atoms with Crippen LogP contribution in [0.2, 0.25) is 0 Å². The molecule has 25 heavy (non-hydrogen) atoms. The summed E-state index contributed by atoms with van der Waals surface area (Å²) >= 11 is 0. The summed E-state index contributed by atoms with van der Waals surface area (Å²) < 4.78 is 5.46. The highest BCUT2D eigenvalue weighted by molar-refractivity contribution is 6.12. The zero-order valence-electron chi connectivity index (χ0n) is 13.6. The Morgan fingerprint density at radius 3 is 2.68 bits per heavy atom. The molecule has 3 saturated heterocycles. The first kappa shape index (κ1) is 16.0. The number of urea groups is 1. The van der Waals surface area contributed by atoms with Gasteiger partial charge >= 0.3 is 6.03 Å². The van der Waals surface area contributed by atoms with E-state index < -0.39 is 6.03 Å². The van der Waals surface area contributed by atoms with E-state index in [-0.39, 0.29) is 36.3 Å². The molecule has 3 fully saturated rings. The Labute approximate surface area is 144 Å². The normalized spacial score (nSPS) is 28.4. The minimum atomic E-state index is -0.457. The lowest BCUT2D eigenvalue weighted by molar-refractivity contribution is -0.117. The molecule has 0 spiro atoms. The molecule has 8 heteroatoms. The van der Waals surface area contributed by atoms with Gasteiger partial charge in [0, 0.05) is 35.7 Å². The molecule has 0 radical (unpaired) electrons. The van der Waals surface area contributed by atoms with Gasteiger partial charge in [-0.25, -0.2) is 4.79 Å². The number of carbonyl (C=O) groups is 3. The number of ether oxygens (including phenoxy) is 1. The Morgan fingerprint density at radius 2 is 2.08 bits per heavy atom. The van der Waals surface area contributed by atoms with Crippen LogP contribution in [0.15, 0.2) is 24.3 Å². The van der Waals surface area contributed by atoms with E-state index in [0.717, 1.165) is 0 Å². The number of nitrogens with one attached hydrogen (secondary N) is 1. The number of benzene rings is 1. The second kappa shape index (κ2) is 5.82. The average Bonchev–Trinajstić information content (AvgIpc) is 3.26. The van der Waals surface area contributed by atoms with Gasteiger partial charge in [0.2, 0.25) is 5.91 Å². The van der Waals surface area contributed by atoms with Crippen molar-refractivity contribution in [1.82, 2.24) is 10.2 Å². The lowest BCUT2D eigenvalue weighted by Crippen LogP contribution is -2.36. The van der Waals surface area contributed by atoms with Crippen molar-refractivity contribution in [1.29, 1.82) is 0 Å². The molecule has 0 aliphatic carbocycles. The quantitative estimate of drug-likeness (QED) is 0.741. The van der Waals surface area contributed by atoms with Crippen LogP contribution in [0.4, 0.5) is 10.5 Å². The molecule has 0 saturated carbocycles. The maximum atomic E-state index is 12.7. The molecule has 2 N–H and O–H groups in total. The van der Waals surface area contributed by atoms with Crippen LogP contribution in [-0.4, -0.2) is 67.3 Å². The third-order valence-corrected chi connectivity index (χ3v) is 5.34. The van der Waals surface area contributed by atoms with Crippen molar-refractivity contribution >= 4 is 23.5 Å². The van der Waals surface area contributed by atoms with E-state index in [1.807, 2.05) is 0 Å². The van der Waals surface area contributed by atoms with Gasteiger partial charge in [-0.15, -0.1) is 0 Å². The third-order valence-electron chi connectivity index (χ3n) is 5.34. The SMILES string of the molecule is O=C1CN(c2ccc(C(=O)N3C[C@H]4COC[C@@]4(CO)C3)cc2)C(=O)N1. The maximum Gasteiger partial charge on any atom is 0.329 e. The Hall–Kier alpha value is -2.45. The summed E-state index contributed by atoms with van der Waals surface area (Å²) in [6.45, 7) is 2.11. The molecule has 1 aromatic rings. The van der Waals surface area contributed by atoms with Crippen LogP contribution in [0.5, 0.6) is 0 Å². The summed E-state index contributed by atoms with van der Waals surface area (Å²) in [6.07, 6.45) is 0. The van der Waals surface area contributed by atoms with E-state index in [2.05, 4.69) is 5.32 Å². The number of anilines is 1. The van der Waals surface area contributed by atoms with Gasteiger partial charge in [-0.1, -0.05) is 0 Å². The summed E-state index contributed by atoms with van der Waals surface area (Å²) in [4.78, 5) is 38.8. The third kappa shape index (κ3) is 2.58. The van der Waals surface area contributed by atoms with Gasteiger partial charge in [-0.05, 0) is 24.3 Å². The van der Waals surface area contributed by atoms with Gasteiger partial charge in [0.15, 0.2) is 0 Å². The second-order valence-corrected chi connectivity index (χ2v) is 6.90. The van der Waals surface area contributed by atoms with Crippen molar-refractivity contribution in [3.63, 3.8) is 0 Å². The highest BCUT2D eigenvalue weighted by Gasteiger charge is 2.51. The molecule has 4 rings (SSSR count). The van der Waals surface area contributed by atoms with E-state index in [1.165, 1.54) is 4.90 Å². The second-order valence-electron chi connectivity index (χ2n) is 6.90. The van der Waals surface area contributed by atoms with Crippen molar-refractivity contribution in [2.45, 2.75) is 0 Å². The molecule has 3 heterocycles. The van der Waals surface area contributed by atoms with Crippen LogP contribution < -0.4 is 10.2 Å². The van der Waals surface area contributed by atoms with Gasteiger partial charge in [-0.2, -0.15) is 0 Å². The van der Waals surface area contributed by atoms with E-state index in [1.54, 1.807) is 29.2 Å². The molecule has 132 valence electrons. The smallest absolute Gasteiger partial charge is 0.329 e. The van der Waals surface area contributed by atoms with Gasteiger partial charge in [0.25, 0.3) is 5.91 Å². The summed E-state index contributed by atoms with van der Waals surface area (Å²) in [7, 11) is 0. The first-order valence-electron chi connectivity index (χ1n) is 8.22. The Kier molecular flexibility index (Phi) is 3.73. The Balaban J connectivity index is 1.48. The monoisotopic (exact) mass is 345 g/mol. The molecule has 8 nitrogen and oxygen atoms in total. The van der Waals surface area contributed by atoms with Crippen molar-refractivity contribution in [2.24, 2.45) is 11.3 Å². The van der Waals surface area contributed by atoms with Crippen molar-refractivity contribution in [3.05, 3.63) is 29.8 Å². The minimum Gasteiger partial charge on any atom is -0.396 e. The first-order chi connectivity index (χ1) is 12.0. The molecule has 4 amide bonds. The van der Waals surface area contributed by atoms with Crippen LogP contribution in [0.25, 0.3) is 0 Å². The van der Waals surface area contributed by atoms with Crippen molar-refractivity contribution in [3.8, 4) is 0 Å². The standard InChI is InChI=1S/C17H19N3O5/c21-9-17-8-19(5-12(17)7-25-10-17)15(23)11-1-3-13(4-2-11)20-6-14(22)18-16(20)24/h1-4,12,21H,5-10H2,(H,18,22,24)/t12-,17-/m0/s1. The van der Waals surface area contributed by atoms with Crippen LogP contribution in [-0.2, 0) is 9.53 Å². The molecule has 2 atom stereocenters. The summed E-state index contributed by atoms with van der Waals surface area (Å²) in [6, 6.07) is 6.18. The number of imide groups is 1. The van der Waals surface area contributed by atoms with E-state index in [9.17, 15) is 19.5 Å². The number of hydrogen-bond acceptors (Lipinski definition) is 5. The van der Waals surface area contributed by atoms with E-state index >= 15 is 0 Å². The highest BCUT2D eigenvalue weighted by Crippen LogP contribution is 2.41. The molecule has 0 aromatic heterocycles. The zero-order chi connectivity index (χ0) is 17.6. The molecule has 0 bridgehead atoms. The van der Waals surface area contributed by atoms with E-state index in [0.29, 0.717) is 37.6 Å². The Morgan fingerprint density at radius 1 is 1.32 bits per heavy atom. The van der Waals surface area contributed by atoms with Crippen molar-refractivity contribution in [2.75, 3.05) is 44.4 Å². The van der Waals surface area contributed by atoms with Gasteiger partial charge in [0.05, 0.1) is 19.8 Å². The molecule has 3 aliphatic rings. The number of rotatable bonds is 3. The number of carbonyl (C=O) groups excluding carboxylic acids is 3. The van der Waals surface area contributed by atoms with Crippen LogP contribution in [0.3, 0.4) is 0 Å². The number of amides is 4. The van der Waals surface area contributed by atoms with Gasteiger partial charge < -0.3 is 14.7 Å². The zero-order valence-corrected chi connectivity index (χ0v) is 13.6. The largest absolute Gasteiger partial charge is 0.396 e. The van der Waals surface area contributed by atoms with Gasteiger partial charge in [0.1, 0.15) is 6.54 Å². The number of hydrogen-bond donors (Lipinski definition) is 2. The molecular weight excluding hydrogens is 326 g/mol. The number of aliphatic hydroxyl groups is 1.